The Bertz CT molecular complexity index is 3240. The second-order valence-electron chi connectivity index (χ2n) is 15.7. The summed E-state index contributed by atoms with van der Waals surface area (Å²) in [5.74, 6) is 3.54. The van der Waals surface area contributed by atoms with Crippen LogP contribution in [-0.4, -0.2) is 56.4 Å². The van der Waals surface area contributed by atoms with Crippen molar-refractivity contribution in [2.75, 3.05) is 38.8 Å². The number of halogens is 1. The van der Waals surface area contributed by atoms with Crippen LogP contribution in [0.2, 0.25) is 5.15 Å². The van der Waals surface area contributed by atoms with Gasteiger partial charge in [-0.2, -0.15) is 0 Å². The number of fused-ring (bicyclic) bond motifs is 3. The van der Waals surface area contributed by atoms with Gasteiger partial charge < -0.3 is 51.3 Å². The van der Waals surface area contributed by atoms with E-state index in [0.717, 1.165) is 108 Å². The van der Waals surface area contributed by atoms with E-state index in [0.29, 0.717) is 36.5 Å². The van der Waals surface area contributed by atoms with Crippen LogP contribution in [0, 0.1) is 0 Å². The lowest BCUT2D eigenvalue weighted by atomic mass is 10.1. The molecule has 13 nitrogen and oxygen atoms in total. The predicted molar refractivity (Wildman–Crippen MR) is 272 cm³/mol. The zero-order valence-corrected chi connectivity index (χ0v) is 38.2. The SMILES string of the molecule is COc1cccc(-c2cn(CCCN)c3cc(N)ncc23)c1.COc1cccc(-c2cn(CCN)c3cc(N)ncc23)c1.Clc1cc2[nH]cc(-c3cccc(OCc4ccccc4)c3)c2cn1. The third kappa shape index (κ3) is 10.8. The fourth-order valence-corrected chi connectivity index (χ4v) is 8.10. The number of benzene rings is 4. The maximum absolute atomic E-state index is 5.95. The number of nitrogens with zero attached hydrogens (tertiary/aromatic N) is 5. The van der Waals surface area contributed by atoms with Gasteiger partial charge in [0.2, 0.25) is 0 Å². The Labute approximate surface area is 393 Å². The van der Waals surface area contributed by atoms with Gasteiger partial charge in [-0.15, -0.1) is 0 Å². The minimum Gasteiger partial charge on any atom is -0.497 e. The lowest BCUT2D eigenvalue weighted by Gasteiger charge is -2.08. The molecule has 340 valence electrons. The number of aromatic nitrogens is 6. The van der Waals surface area contributed by atoms with Crippen LogP contribution in [-0.2, 0) is 19.7 Å². The molecule has 10 aromatic rings. The Kier molecular flexibility index (Phi) is 14.6. The number of nitrogens with two attached hydrogens (primary N) is 4. The summed E-state index contributed by atoms with van der Waals surface area (Å²) in [5.41, 5.74) is 33.8. The van der Waals surface area contributed by atoms with Crippen LogP contribution in [0.3, 0.4) is 0 Å². The third-order valence-electron chi connectivity index (χ3n) is 11.2. The second-order valence-corrected chi connectivity index (χ2v) is 16.1. The molecule has 0 spiro atoms. The maximum Gasteiger partial charge on any atom is 0.131 e. The number of nitrogen functional groups attached to an aromatic ring is 2. The summed E-state index contributed by atoms with van der Waals surface area (Å²) >= 11 is 5.95. The van der Waals surface area contributed by atoms with Gasteiger partial charge >= 0.3 is 0 Å². The minimum absolute atomic E-state index is 0.482. The molecule has 0 saturated carbocycles. The van der Waals surface area contributed by atoms with Gasteiger partial charge in [-0.1, -0.05) is 78.3 Å². The molecule has 14 heteroatoms. The monoisotopic (exact) mass is 912 g/mol. The molecule has 0 fully saturated rings. The summed E-state index contributed by atoms with van der Waals surface area (Å²) in [6, 6.07) is 39.8. The van der Waals surface area contributed by atoms with E-state index in [4.69, 9.17) is 48.7 Å². The van der Waals surface area contributed by atoms with Gasteiger partial charge in [0.15, 0.2) is 0 Å². The summed E-state index contributed by atoms with van der Waals surface area (Å²) < 4.78 is 20.8. The molecule has 0 aliphatic heterocycles. The Hall–Kier alpha value is -7.84. The Morgan fingerprint density at radius 2 is 1.10 bits per heavy atom. The zero-order chi connectivity index (χ0) is 46.7. The fourth-order valence-electron chi connectivity index (χ4n) is 7.94. The van der Waals surface area contributed by atoms with Crippen LogP contribution < -0.4 is 37.1 Å². The molecule has 0 saturated heterocycles. The van der Waals surface area contributed by atoms with Crippen LogP contribution >= 0.6 is 11.6 Å². The van der Waals surface area contributed by atoms with Crippen LogP contribution in [0.1, 0.15) is 12.0 Å². The maximum atomic E-state index is 5.95. The number of aromatic amines is 1. The van der Waals surface area contributed by atoms with E-state index in [2.05, 4.69) is 71.8 Å². The zero-order valence-electron chi connectivity index (χ0n) is 37.4. The molecule has 4 aromatic carbocycles. The van der Waals surface area contributed by atoms with E-state index < -0.39 is 0 Å². The van der Waals surface area contributed by atoms with E-state index in [1.54, 1.807) is 20.4 Å². The van der Waals surface area contributed by atoms with E-state index in [-0.39, 0.29) is 0 Å². The number of nitrogens with one attached hydrogen (secondary N) is 1. The molecule has 0 atom stereocenters. The van der Waals surface area contributed by atoms with Crippen molar-refractivity contribution in [1.29, 1.82) is 0 Å². The van der Waals surface area contributed by atoms with Crippen molar-refractivity contribution in [3.63, 3.8) is 0 Å². The van der Waals surface area contributed by atoms with E-state index >= 15 is 0 Å². The highest BCUT2D eigenvalue weighted by Gasteiger charge is 2.14. The number of pyridine rings is 3. The van der Waals surface area contributed by atoms with Crippen molar-refractivity contribution >= 4 is 55.9 Å². The fraction of sp³-hybridized carbons (Fsp3) is 0.151. The van der Waals surface area contributed by atoms with E-state index in [1.807, 2.05) is 110 Å². The first kappa shape index (κ1) is 45.7. The number of hydrogen-bond acceptors (Lipinski definition) is 10. The first-order valence-corrected chi connectivity index (χ1v) is 22.2. The van der Waals surface area contributed by atoms with E-state index in [1.165, 1.54) is 0 Å². The Balaban J connectivity index is 0.000000137. The molecule has 0 aliphatic carbocycles. The summed E-state index contributed by atoms with van der Waals surface area (Å²) in [5, 5.41) is 3.67. The molecule has 0 bridgehead atoms. The summed E-state index contributed by atoms with van der Waals surface area (Å²) in [6.07, 6.45) is 12.6. The quantitative estimate of drug-likeness (QED) is 0.0694. The molecular formula is C53H53ClN10O3. The highest BCUT2D eigenvalue weighted by Crippen LogP contribution is 2.35. The molecule has 67 heavy (non-hydrogen) atoms. The van der Waals surface area contributed by atoms with Crippen molar-refractivity contribution in [3.05, 3.63) is 169 Å². The Morgan fingerprint density at radius 1 is 0.567 bits per heavy atom. The number of aryl methyl sites for hydroxylation is 1. The molecule has 6 aromatic heterocycles. The van der Waals surface area contributed by atoms with Crippen LogP contribution in [0.25, 0.3) is 66.1 Å². The number of anilines is 2. The lowest BCUT2D eigenvalue weighted by Crippen LogP contribution is -2.08. The van der Waals surface area contributed by atoms with Gasteiger partial charge in [0.25, 0.3) is 0 Å². The molecule has 0 amide bonds. The average molecular weight is 914 g/mol. The first-order valence-electron chi connectivity index (χ1n) is 21.8. The van der Waals surface area contributed by atoms with Crippen molar-refractivity contribution in [2.24, 2.45) is 11.5 Å². The molecule has 0 radical (unpaired) electrons. The van der Waals surface area contributed by atoms with Gasteiger partial charge in [0, 0.05) is 102 Å². The molecule has 0 aliphatic rings. The normalized spacial score (nSPS) is 10.9. The highest BCUT2D eigenvalue weighted by molar-refractivity contribution is 6.30. The minimum atomic E-state index is 0.482. The Morgan fingerprint density at radius 3 is 1.67 bits per heavy atom. The van der Waals surface area contributed by atoms with Crippen molar-refractivity contribution < 1.29 is 14.2 Å². The molecular weight excluding hydrogens is 860 g/mol. The lowest BCUT2D eigenvalue weighted by molar-refractivity contribution is 0.306. The first-order chi connectivity index (χ1) is 32.7. The van der Waals surface area contributed by atoms with Crippen molar-refractivity contribution in [2.45, 2.75) is 26.1 Å². The van der Waals surface area contributed by atoms with Gasteiger partial charge in [0.1, 0.15) is 40.6 Å². The molecule has 0 unspecified atom stereocenters. The summed E-state index contributed by atoms with van der Waals surface area (Å²) in [6.45, 7) is 3.39. The average Bonchev–Trinajstić information content (AvgIpc) is 4.06. The van der Waals surface area contributed by atoms with Gasteiger partial charge in [-0.25, -0.2) is 15.0 Å². The number of rotatable bonds is 13. The summed E-state index contributed by atoms with van der Waals surface area (Å²) in [7, 11) is 3.34. The number of H-pyrrole nitrogens is 1. The number of hydrogen-bond donors (Lipinski definition) is 5. The number of ether oxygens (including phenoxy) is 3. The van der Waals surface area contributed by atoms with Crippen molar-refractivity contribution in [3.8, 4) is 50.6 Å². The molecule has 9 N–H and O–H groups in total. The second kappa shape index (κ2) is 21.4. The van der Waals surface area contributed by atoms with Crippen LogP contribution in [0.4, 0.5) is 11.6 Å². The highest BCUT2D eigenvalue weighted by atomic mass is 35.5. The van der Waals surface area contributed by atoms with Crippen LogP contribution in [0.15, 0.2) is 159 Å². The van der Waals surface area contributed by atoms with Gasteiger partial charge in [-0.05, 0) is 77.7 Å². The van der Waals surface area contributed by atoms with Crippen LogP contribution in [0.5, 0.6) is 17.2 Å². The van der Waals surface area contributed by atoms with E-state index in [9.17, 15) is 0 Å². The van der Waals surface area contributed by atoms with Gasteiger partial charge in [-0.3, -0.25) is 0 Å². The van der Waals surface area contributed by atoms with Gasteiger partial charge in [0.05, 0.1) is 30.8 Å². The smallest absolute Gasteiger partial charge is 0.131 e. The third-order valence-corrected chi connectivity index (χ3v) is 11.4. The largest absolute Gasteiger partial charge is 0.497 e. The van der Waals surface area contributed by atoms with Crippen molar-refractivity contribution in [1.82, 2.24) is 29.1 Å². The number of methoxy groups -OCH3 is 2. The molecule has 10 rings (SSSR count). The topological polar surface area (TPSA) is 196 Å². The standard InChI is InChI=1S/C20H15ClN2O.C17H20N4O.C16H18N4O/c21-20-10-19-18(12-23-20)17(11-22-19)15-7-4-8-16(9-15)24-13-14-5-2-1-3-6-14;1-22-13-5-2-4-12(8-13)15-11-21(7-3-6-18)16-9-17(19)20-10-14(15)16;1-21-12-4-2-3-11(7-12)14-10-20(6-5-17)15-8-16(18)19-9-13(14)15/h1-12,22H,13H2;2,4-5,8-11H,3,6-7,18H2,1H3,(H2,19,20);2-4,7-10H,5-6,17H2,1H3,(H2,18,19). The summed E-state index contributed by atoms with van der Waals surface area (Å²) in [4.78, 5) is 15.9. The predicted octanol–water partition coefficient (Wildman–Crippen LogP) is 10.4. The molecule has 6 heterocycles.